The zero-order valence-electron chi connectivity index (χ0n) is 12.1. The van der Waals surface area contributed by atoms with Gasteiger partial charge in [0.25, 0.3) is 0 Å². The van der Waals surface area contributed by atoms with Crippen molar-refractivity contribution < 1.29 is 19.0 Å². The fraction of sp³-hybridized carbons (Fsp3) is 0.167. The maximum Gasteiger partial charge on any atom is 0.335 e. The molecule has 0 unspecified atom stereocenters. The molecule has 0 amide bonds. The van der Waals surface area contributed by atoms with Crippen LogP contribution in [0.15, 0.2) is 42.5 Å². The maximum atomic E-state index is 14.2. The van der Waals surface area contributed by atoms with Crippen molar-refractivity contribution >= 4 is 11.5 Å². The van der Waals surface area contributed by atoms with E-state index in [4.69, 9.17) is 9.84 Å². The van der Waals surface area contributed by atoms with E-state index in [1.54, 1.807) is 24.3 Å². The van der Waals surface area contributed by atoms with Gasteiger partial charge in [0.05, 0.1) is 12.7 Å². The van der Waals surface area contributed by atoms with Gasteiger partial charge >= 0.3 is 5.97 Å². The van der Waals surface area contributed by atoms with Crippen molar-refractivity contribution in [2.75, 3.05) is 7.11 Å². The largest absolute Gasteiger partial charge is 0.497 e. The minimum absolute atomic E-state index is 0.204. The van der Waals surface area contributed by atoms with E-state index in [0.29, 0.717) is 11.3 Å². The molecule has 1 N–H and O–H groups in total. The summed E-state index contributed by atoms with van der Waals surface area (Å²) in [5, 5.41) is 9.17. The molecule has 22 heavy (non-hydrogen) atoms. The summed E-state index contributed by atoms with van der Waals surface area (Å²) in [6.45, 7) is 0. The monoisotopic (exact) mass is 298 g/mol. The third kappa shape index (κ3) is 2.48. The molecule has 0 fully saturated rings. The van der Waals surface area contributed by atoms with Crippen LogP contribution >= 0.6 is 0 Å². The van der Waals surface area contributed by atoms with Gasteiger partial charge in [-0.25, -0.2) is 9.18 Å². The number of carboxylic acids is 1. The van der Waals surface area contributed by atoms with Gasteiger partial charge in [-0.3, -0.25) is 0 Å². The molecule has 1 aliphatic carbocycles. The van der Waals surface area contributed by atoms with Crippen LogP contribution in [-0.4, -0.2) is 18.2 Å². The molecule has 0 aromatic heterocycles. The van der Waals surface area contributed by atoms with E-state index in [9.17, 15) is 9.18 Å². The summed E-state index contributed by atoms with van der Waals surface area (Å²) in [5.41, 5.74) is 3.17. The highest BCUT2D eigenvalue weighted by Crippen LogP contribution is 2.35. The van der Waals surface area contributed by atoms with E-state index in [1.165, 1.54) is 13.2 Å². The van der Waals surface area contributed by atoms with Crippen LogP contribution in [0, 0.1) is 5.82 Å². The van der Waals surface area contributed by atoms with Gasteiger partial charge in [-0.15, -0.1) is 0 Å². The van der Waals surface area contributed by atoms with Crippen LogP contribution in [0.25, 0.3) is 5.57 Å². The Hall–Kier alpha value is -2.62. The van der Waals surface area contributed by atoms with Gasteiger partial charge in [-0.2, -0.15) is 0 Å². The number of allylic oxidation sites excluding steroid dienone is 1. The highest BCUT2D eigenvalue weighted by molar-refractivity contribution is 5.91. The van der Waals surface area contributed by atoms with Gasteiger partial charge in [0, 0.05) is 5.56 Å². The van der Waals surface area contributed by atoms with Crippen molar-refractivity contribution in [3.63, 3.8) is 0 Å². The zero-order chi connectivity index (χ0) is 15.7. The second-order valence-corrected chi connectivity index (χ2v) is 5.18. The first kappa shape index (κ1) is 14.3. The molecule has 0 heterocycles. The molecule has 0 spiro atoms. The van der Waals surface area contributed by atoms with Crippen molar-refractivity contribution in [1.82, 2.24) is 0 Å². The first-order valence-electron chi connectivity index (χ1n) is 7.01. The lowest BCUT2D eigenvalue weighted by Gasteiger charge is -2.19. The summed E-state index contributed by atoms with van der Waals surface area (Å²) in [4.78, 5) is 11.2. The summed E-state index contributed by atoms with van der Waals surface area (Å²) in [6, 6.07) is 9.59. The Morgan fingerprint density at radius 3 is 2.73 bits per heavy atom. The van der Waals surface area contributed by atoms with Crippen LogP contribution in [0.2, 0.25) is 0 Å². The number of ether oxygens (including phenoxy) is 1. The Balaban J connectivity index is 2.16. The fourth-order valence-electron chi connectivity index (χ4n) is 2.75. The molecule has 1 aliphatic rings. The Kier molecular flexibility index (Phi) is 3.67. The number of carbonyl (C=O) groups is 1. The lowest BCUT2D eigenvalue weighted by molar-refractivity contribution is 0.0697. The molecular formula is C18H15FO3. The number of fused-ring (bicyclic) bond motifs is 1. The minimum Gasteiger partial charge on any atom is -0.497 e. The molecule has 0 saturated carbocycles. The summed E-state index contributed by atoms with van der Waals surface area (Å²) >= 11 is 0. The summed E-state index contributed by atoms with van der Waals surface area (Å²) in [6.07, 6.45) is 3.57. The summed E-state index contributed by atoms with van der Waals surface area (Å²) in [7, 11) is 1.53. The lowest BCUT2D eigenvalue weighted by Crippen LogP contribution is -2.06. The third-order valence-electron chi connectivity index (χ3n) is 3.87. The summed E-state index contributed by atoms with van der Waals surface area (Å²) < 4.78 is 19.4. The van der Waals surface area contributed by atoms with E-state index < -0.39 is 5.97 Å². The second-order valence-electron chi connectivity index (χ2n) is 5.18. The highest BCUT2D eigenvalue weighted by atomic mass is 19.1. The van der Waals surface area contributed by atoms with E-state index in [1.807, 2.05) is 12.1 Å². The number of halogens is 1. The minimum atomic E-state index is -0.987. The van der Waals surface area contributed by atoms with Crippen LogP contribution in [0.3, 0.4) is 0 Å². The molecule has 0 saturated heterocycles. The van der Waals surface area contributed by atoms with Crippen molar-refractivity contribution in [1.29, 1.82) is 0 Å². The standard InChI is InChI=1S/C18H15FO3/c1-22-13-7-8-17(19)16(10-13)14-4-2-3-11-5-6-12(18(20)21)9-15(11)14/h4-10H,2-3H2,1H3,(H,20,21). The average Bonchev–Trinajstić information content (AvgIpc) is 2.54. The average molecular weight is 298 g/mol. The van der Waals surface area contributed by atoms with Gasteiger partial charge in [0.1, 0.15) is 11.6 Å². The number of methoxy groups -OCH3 is 1. The fourth-order valence-corrected chi connectivity index (χ4v) is 2.75. The van der Waals surface area contributed by atoms with E-state index >= 15 is 0 Å². The number of aryl methyl sites for hydroxylation is 1. The second kappa shape index (κ2) is 5.64. The molecule has 0 bridgehead atoms. The van der Waals surface area contributed by atoms with Crippen molar-refractivity contribution in [2.45, 2.75) is 12.8 Å². The Morgan fingerprint density at radius 1 is 1.18 bits per heavy atom. The predicted octanol–water partition coefficient (Wildman–Crippen LogP) is 3.91. The SMILES string of the molecule is COc1ccc(F)c(C2=CCCc3ccc(C(=O)O)cc32)c1. The van der Waals surface area contributed by atoms with Crippen LogP contribution in [0.1, 0.15) is 33.5 Å². The number of carboxylic acid groups (broad SMARTS) is 1. The molecule has 112 valence electrons. The molecule has 3 rings (SSSR count). The molecule has 2 aromatic rings. The van der Waals surface area contributed by atoms with Crippen LogP contribution < -0.4 is 4.74 Å². The molecule has 0 radical (unpaired) electrons. The number of rotatable bonds is 3. The lowest BCUT2D eigenvalue weighted by atomic mass is 9.85. The first-order valence-corrected chi connectivity index (χ1v) is 7.01. The number of hydrogen-bond donors (Lipinski definition) is 1. The Bertz CT molecular complexity index is 778. The van der Waals surface area contributed by atoms with E-state index in [2.05, 4.69) is 0 Å². The van der Waals surface area contributed by atoms with Crippen LogP contribution in [0.4, 0.5) is 4.39 Å². The third-order valence-corrected chi connectivity index (χ3v) is 3.87. The topological polar surface area (TPSA) is 46.5 Å². The maximum absolute atomic E-state index is 14.2. The highest BCUT2D eigenvalue weighted by Gasteiger charge is 2.19. The van der Waals surface area contributed by atoms with Gasteiger partial charge in [0.2, 0.25) is 0 Å². The summed E-state index contributed by atoms with van der Waals surface area (Å²) in [5.74, 6) is -0.765. The smallest absolute Gasteiger partial charge is 0.335 e. The van der Waals surface area contributed by atoms with Crippen molar-refractivity contribution in [2.24, 2.45) is 0 Å². The normalized spacial score (nSPS) is 13.3. The van der Waals surface area contributed by atoms with Crippen molar-refractivity contribution in [3.8, 4) is 5.75 Å². The van der Waals surface area contributed by atoms with Gasteiger partial charge in [-0.1, -0.05) is 12.1 Å². The van der Waals surface area contributed by atoms with Gasteiger partial charge < -0.3 is 9.84 Å². The molecule has 0 atom stereocenters. The number of aromatic carboxylic acids is 1. The van der Waals surface area contributed by atoms with Crippen molar-refractivity contribution in [3.05, 3.63) is 70.5 Å². The molecule has 3 nitrogen and oxygen atoms in total. The Labute approximate surface area is 127 Å². The molecular weight excluding hydrogens is 283 g/mol. The van der Waals surface area contributed by atoms with E-state index in [0.717, 1.165) is 29.5 Å². The number of benzene rings is 2. The molecule has 0 aliphatic heterocycles. The first-order chi connectivity index (χ1) is 10.6. The van der Waals surface area contributed by atoms with Gasteiger partial charge in [0.15, 0.2) is 0 Å². The zero-order valence-corrected chi connectivity index (χ0v) is 12.1. The van der Waals surface area contributed by atoms with Crippen LogP contribution in [-0.2, 0) is 6.42 Å². The predicted molar refractivity (Wildman–Crippen MR) is 81.8 cm³/mol. The Morgan fingerprint density at radius 2 is 2.00 bits per heavy atom. The number of hydrogen-bond acceptors (Lipinski definition) is 2. The molecule has 2 aromatic carbocycles. The van der Waals surface area contributed by atoms with Gasteiger partial charge in [-0.05, 0) is 59.9 Å². The van der Waals surface area contributed by atoms with Crippen LogP contribution in [0.5, 0.6) is 5.75 Å². The molecule has 4 heteroatoms. The van der Waals surface area contributed by atoms with E-state index in [-0.39, 0.29) is 11.4 Å². The quantitative estimate of drug-likeness (QED) is 0.934.